The Bertz CT molecular complexity index is 722. The number of nitrogens with zero attached hydrogens (tertiary/aromatic N) is 4. The predicted molar refractivity (Wildman–Crippen MR) is 80.5 cm³/mol. The molecule has 1 saturated heterocycles. The van der Waals surface area contributed by atoms with E-state index in [0.29, 0.717) is 24.3 Å². The van der Waals surface area contributed by atoms with E-state index >= 15 is 0 Å². The SMILES string of the molecule is [N-]=[N+]=NCc1ccc(CC2=C(C(=O)O)N3C(=O)C[C@@H]3S2)cc1. The first kappa shape index (κ1) is 14.5. The Morgan fingerprint density at radius 2 is 2.09 bits per heavy atom. The Kier molecular flexibility index (Phi) is 3.79. The van der Waals surface area contributed by atoms with E-state index in [1.165, 1.54) is 16.7 Å². The summed E-state index contributed by atoms with van der Waals surface area (Å²) >= 11 is 1.45. The van der Waals surface area contributed by atoms with E-state index in [2.05, 4.69) is 10.0 Å². The summed E-state index contributed by atoms with van der Waals surface area (Å²) in [5.41, 5.74) is 10.3. The van der Waals surface area contributed by atoms with E-state index in [9.17, 15) is 14.7 Å². The van der Waals surface area contributed by atoms with Crippen LogP contribution in [0.1, 0.15) is 17.5 Å². The topological polar surface area (TPSA) is 106 Å². The zero-order valence-electron chi connectivity index (χ0n) is 11.5. The minimum absolute atomic E-state index is 0.0576. The van der Waals surface area contributed by atoms with Crippen molar-refractivity contribution >= 4 is 23.6 Å². The molecular weight excluding hydrogens is 304 g/mol. The molecule has 2 heterocycles. The summed E-state index contributed by atoms with van der Waals surface area (Å²) in [7, 11) is 0. The molecule has 1 amide bonds. The maximum Gasteiger partial charge on any atom is 0.353 e. The molecule has 0 bridgehead atoms. The van der Waals surface area contributed by atoms with Gasteiger partial charge in [0.1, 0.15) is 5.70 Å². The molecule has 22 heavy (non-hydrogen) atoms. The Morgan fingerprint density at radius 3 is 2.68 bits per heavy atom. The Labute approximate surface area is 130 Å². The highest BCUT2D eigenvalue weighted by Gasteiger charge is 2.48. The number of thioether (sulfide) groups is 1. The van der Waals surface area contributed by atoms with Crippen molar-refractivity contribution in [2.24, 2.45) is 5.11 Å². The molecule has 2 aliphatic heterocycles. The number of carboxylic acids is 1. The number of allylic oxidation sites excluding steroid dienone is 1. The lowest BCUT2D eigenvalue weighted by Gasteiger charge is -2.33. The second-order valence-corrected chi connectivity index (χ2v) is 6.27. The van der Waals surface area contributed by atoms with Gasteiger partial charge < -0.3 is 5.11 Å². The number of carbonyl (C=O) groups is 2. The van der Waals surface area contributed by atoms with Gasteiger partial charge in [0, 0.05) is 16.2 Å². The van der Waals surface area contributed by atoms with Gasteiger partial charge in [-0.3, -0.25) is 9.69 Å². The third-order valence-corrected chi connectivity index (χ3v) is 4.87. The van der Waals surface area contributed by atoms with Crippen molar-refractivity contribution in [2.45, 2.75) is 24.8 Å². The molecule has 7 nitrogen and oxygen atoms in total. The van der Waals surface area contributed by atoms with Crippen LogP contribution in [0.15, 0.2) is 40.0 Å². The van der Waals surface area contributed by atoms with Crippen molar-refractivity contribution in [2.75, 3.05) is 0 Å². The van der Waals surface area contributed by atoms with E-state index < -0.39 is 5.97 Å². The molecule has 1 aromatic carbocycles. The maximum absolute atomic E-state index is 11.5. The summed E-state index contributed by atoms with van der Waals surface area (Å²) in [4.78, 5) is 27.7. The quantitative estimate of drug-likeness (QED) is 0.390. The molecule has 1 fully saturated rings. The van der Waals surface area contributed by atoms with Crippen LogP contribution in [0.25, 0.3) is 10.4 Å². The van der Waals surface area contributed by atoms with Gasteiger partial charge in [-0.25, -0.2) is 4.79 Å². The van der Waals surface area contributed by atoms with Crippen LogP contribution in [-0.2, 0) is 22.6 Å². The summed E-state index contributed by atoms with van der Waals surface area (Å²) < 4.78 is 0. The number of hydrogen-bond acceptors (Lipinski definition) is 4. The first-order chi connectivity index (χ1) is 10.6. The van der Waals surface area contributed by atoms with Crippen LogP contribution in [0.3, 0.4) is 0 Å². The highest BCUT2D eigenvalue weighted by molar-refractivity contribution is 8.04. The summed E-state index contributed by atoms with van der Waals surface area (Å²) in [6.07, 6.45) is 0.879. The van der Waals surface area contributed by atoms with E-state index in [4.69, 9.17) is 5.53 Å². The van der Waals surface area contributed by atoms with Crippen LogP contribution in [0.2, 0.25) is 0 Å². The first-order valence-electron chi connectivity index (χ1n) is 6.64. The van der Waals surface area contributed by atoms with Gasteiger partial charge in [-0.15, -0.1) is 11.8 Å². The number of carboxylic acid groups (broad SMARTS) is 1. The zero-order chi connectivity index (χ0) is 15.7. The number of benzene rings is 1. The minimum atomic E-state index is -1.06. The average Bonchev–Trinajstić information content (AvgIpc) is 2.79. The normalized spacial score (nSPS) is 19.5. The van der Waals surface area contributed by atoms with Crippen LogP contribution in [0.4, 0.5) is 0 Å². The number of β-lactam (4-membered cyclic amide) rings is 1. The largest absolute Gasteiger partial charge is 0.477 e. The Balaban J connectivity index is 1.79. The van der Waals surface area contributed by atoms with Crippen molar-refractivity contribution in [3.8, 4) is 0 Å². The fourth-order valence-corrected chi connectivity index (χ4v) is 3.94. The van der Waals surface area contributed by atoms with Crippen LogP contribution in [0, 0.1) is 0 Å². The molecule has 0 aromatic heterocycles. The highest BCUT2D eigenvalue weighted by Crippen LogP contribution is 2.47. The molecule has 2 aliphatic rings. The van der Waals surface area contributed by atoms with Gasteiger partial charge in [-0.1, -0.05) is 29.4 Å². The minimum Gasteiger partial charge on any atom is -0.477 e. The number of aliphatic carboxylic acids is 1. The molecule has 0 unspecified atom stereocenters. The van der Waals surface area contributed by atoms with Crippen LogP contribution in [-0.4, -0.2) is 27.3 Å². The molecule has 0 spiro atoms. The standard InChI is InChI=1S/C14H12N4O3S/c15-17-16-7-9-3-1-8(2-4-9)5-10-13(14(20)21)18-11(19)6-12(18)22-10/h1-4,12H,5-7H2,(H,20,21)/t12-/m0/s1. The highest BCUT2D eigenvalue weighted by atomic mass is 32.2. The number of rotatable bonds is 5. The third-order valence-electron chi connectivity index (χ3n) is 3.60. The van der Waals surface area contributed by atoms with Gasteiger partial charge >= 0.3 is 5.97 Å². The van der Waals surface area contributed by atoms with E-state index in [1.54, 1.807) is 0 Å². The molecule has 1 aromatic rings. The number of carbonyl (C=O) groups excluding carboxylic acids is 1. The molecule has 1 atom stereocenters. The number of fused-ring (bicyclic) bond motifs is 1. The lowest BCUT2D eigenvalue weighted by molar-refractivity contribution is -0.145. The molecule has 0 saturated carbocycles. The van der Waals surface area contributed by atoms with Gasteiger partial charge in [-0.05, 0) is 16.7 Å². The van der Waals surface area contributed by atoms with Gasteiger partial charge in [0.15, 0.2) is 0 Å². The van der Waals surface area contributed by atoms with Gasteiger partial charge in [-0.2, -0.15) is 0 Å². The number of azide groups is 1. The van der Waals surface area contributed by atoms with Crippen molar-refractivity contribution in [3.05, 3.63) is 56.4 Å². The summed E-state index contributed by atoms with van der Waals surface area (Å²) in [5.74, 6) is -1.19. The summed E-state index contributed by atoms with van der Waals surface area (Å²) in [6, 6.07) is 7.47. The predicted octanol–water partition coefficient (Wildman–Crippen LogP) is 2.64. The van der Waals surface area contributed by atoms with Gasteiger partial charge in [0.2, 0.25) is 5.91 Å². The molecule has 112 valence electrons. The monoisotopic (exact) mass is 316 g/mol. The molecular formula is C14H12N4O3S. The second-order valence-electron chi connectivity index (χ2n) is 5.00. The van der Waals surface area contributed by atoms with Crippen LogP contribution < -0.4 is 0 Å². The number of amides is 1. The van der Waals surface area contributed by atoms with Crippen molar-refractivity contribution < 1.29 is 14.7 Å². The average molecular weight is 316 g/mol. The van der Waals surface area contributed by atoms with Crippen LogP contribution >= 0.6 is 11.8 Å². The fraction of sp³-hybridized carbons (Fsp3) is 0.286. The summed E-state index contributed by atoms with van der Waals surface area (Å²) in [6.45, 7) is 0.291. The Hall–Kier alpha value is -2.44. The second kappa shape index (κ2) is 5.75. The van der Waals surface area contributed by atoms with E-state index in [1.807, 2.05) is 24.3 Å². The molecule has 8 heteroatoms. The van der Waals surface area contributed by atoms with E-state index in [-0.39, 0.29) is 17.0 Å². The Morgan fingerprint density at radius 1 is 1.41 bits per heavy atom. The van der Waals surface area contributed by atoms with Gasteiger partial charge in [0.05, 0.1) is 18.3 Å². The lowest BCUT2D eigenvalue weighted by atomic mass is 10.1. The lowest BCUT2D eigenvalue weighted by Crippen LogP contribution is -2.48. The maximum atomic E-state index is 11.5. The van der Waals surface area contributed by atoms with Crippen LogP contribution in [0.5, 0.6) is 0 Å². The fourth-order valence-electron chi connectivity index (χ4n) is 2.51. The zero-order valence-corrected chi connectivity index (χ0v) is 12.3. The molecule has 3 rings (SSSR count). The third kappa shape index (κ3) is 2.54. The smallest absolute Gasteiger partial charge is 0.353 e. The van der Waals surface area contributed by atoms with E-state index in [0.717, 1.165) is 11.1 Å². The molecule has 0 radical (unpaired) electrons. The summed E-state index contributed by atoms with van der Waals surface area (Å²) in [5, 5.41) is 12.8. The number of hydrogen-bond donors (Lipinski definition) is 1. The molecule has 1 N–H and O–H groups in total. The van der Waals surface area contributed by atoms with Crippen molar-refractivity contribution in [1.82, 2.24) is 4.90 Å². The van der Waals surface area contributed by atoms with Crippen molar-refractivity contribution in [1.29, 1.82) is 0 Å². The van der Waals surface area contributed by atoms with Crippen molar-refractivity contribution in [3.63, 3.8) is 0 Å². The molecule has 0 aliphatic carbocycles. The van der Waals surface area contributed by atoms with Gasteiger partial charge in [0.25, 0.3) is 0 Å². The first-order valence-corrected chi connectivity index (χ1v) is 7.52.